The van der Waals surface area contributed by atoms with Gasteiger partial charge in [0.25, 0.3) is 0 Å². The summed E-state index contributed by atoms with van der Waals surface area (Å²) in [6.45, 7) is 0.826. The van der Waals surface area contributed by atoms with Gasteiger partial charge in [-0.05, 0) is 19.3 Å². The summed E-state index contributed by atoms with van der Waals surface area (Å²) in [6, 6.07) is 0. The van der Waals surface area contributed by atoms with Gasteiger partial charge in [0, 0.05) is 13.0 Å². The summed E-state index contributed by atoms with van der Waals surface area (Å²) in [7, 11) is 0. The van der Waals surface area contributed by atoms with Crippen molar-refractivity contribution >= 4 is 6.29 Å². The maximum atomic E-state index is 9.87. The molecule has 0 aromatic rings. The smallest absolute Gasteiger partial charge is 0.201 e. The lowest BCUT2D eigenvalue weighted by molar-refractivity contribution is 0.0208. The van der Waals surface area contributed by atoms with Crippen LogP contribution in [0.3, 0.4) is 0 Å². The molecule has 0 amide bonds. The highest BCUT2D eigenvalue weighted by molar-refractivity contribution is 5.51. The van der Waals surface area contributed by atoms with E-state index < -0.39 is 0 Å². The zero-order valence-corrected chi connectivity index (χ0v) is 5.43. The Labute approximate surface area is 55.2 Å². The van der Waals surface area contributed by atoms with Crippen LogP contribution in [-0.4, -0.2) is 19.0 Å². The molecule has 1 unspecified atom stereocenters. The Hall–Kier alpha value is -0.370. The summed E-state index contributed by atoms with van der Waals surface area (Å²) < 4.78 is 5.26. The van der Waals surface area contributed by atoms with E-state index in [2.05, 4.69) is 0 Å². The van der Waals surface area contributed by atoms with Crippen LogP contribution in [0.5, 0.6) is 0 Å². The largest absolute Gasteiger partial charge is 0.378 e. The summed E-state index contributed by atoms with van der Waals surface area (Å²) in [6.07, 6.45) is 5.88. The molecule has 2 nitrogen and oxygen atoms in total. The van der Waals surface area contributed by atoms with E-state index in [0.717, 1.165) is 19.4 Å². The molecule has 1 aliphatic rings. The quantitative estimate of drug-likeness (QED) is 0.554. The molecule has 0 aromatic carbocycles. The van der Waals surface area contributed by atoms with Gasteiger partial charge in [-0.3, -0.25) is 4.79 Å². The van der Waals surface area contributed by atoms with Crippen LogP contribution in [0.1, 0.15) is 25.7 Å². The molecule has 0 saturated carbocycles. The minimum atomic E-state index is 0.177. The molecule has 1 atom stereocenters. The van der Waals surface area contributed by atoms with Crippen molar-refractivity contribution in [2.24, 2.45) is 0 Å². The fourth-order valence-electron chi connectivity index (χ4n) is 1.06. The lowest BCUT2D eigenvalue weighted by atomic mass is 10.1. The third-order valence-corrected chi connectivity index (χ3v) is 1.58. The van der Waals surface area contributed by atoms with Gasteiger partial charge >= 0.3 is 0 Å². The molecule has 51 valence electrons. The van der Waals surface area contributed by atoms with Gasteiger partial charge in [-0.15, -0.1) is 0 Å². The molecule has 1 heterocycles. The predicted molar refractivity (Wildman–Crippen MR) is 33.9 cm³/mol. The lowest BCUT2D eigenvalue weighted by Crippen LogP contribution is -2.18. The van der Waals surface area contributed by atoms with E-state index >= 15 is 0 Å². The van der Waals surface area contributed by atoms with Crippen molar-refractivity contribution in [2.75, 3.05) is 6.61 Å². The topological polar surface area (TPSA) is 26.3 Å². The predicted octanol–water partition coefficient (Wildman–Crippen LogP) is 1.06. The van der Waals surface area contributed by atoms with Crippen LogP contribution in [0, 0.1) is 0 Å². The van der Waals surface area contributed by atoms with Gasteiger partial charge in [0.15, 0.2) is 0 Å². The van der Waals surface area contributed by atoms with E-state index in [1.165, 1.54) is 6.42 Å². The third kappa shape index (κ3) is 2.14. The highest BCUT2D eigenvalue weighted by Gasteiger charge is 2.12. The zero-order chi connectivity index (χ0) is 6.53. The van der Waals surface area contributed by atoms with E-state index in [9.17, 15) is 4.79 Å². The monoisotopic (exact) mass is 127 g/mol. The summed E-state index contributed by atoms with van der Waals surface area (Å²) in [4.78, 5) is 9.87. The molecule has 1 aliphatic heterocycles. The van der Waals surface area contributed by atoms with Crippen molar-refractivity contribution in [1.82, 2.24) is 0 Å². The number of ether oxygens (including phenoxy) is 1. The molecular formula is C7H11O2. The SMILES string of the molecule is O=[C]CC1CCCCO1. The van der Waals surface area contributed by atoms with Gasteiger partial charge in [-0.25, -0.2) is 0 Å². The van der Waals surface area contributed by atoms with Gasteiger partial charge in [0.05, 0.1) is 6.10 Å². The molecule has 1 fully saturated rings. The second kappa shape index (κ2) is 3.62. The molecule has 0 bridgehead atoms. The van der Waals surface area contributed by atoms with Gasteiger partial charge in [0.2, 0.25) is 6.29 Å². The van der Waals surface area contributed by atoms with E-state index in [1.807, 2.05) is 6.29 Å². The fraction of sp³-hybridized carbons (Fsp3) is 0.857. The van der Waals surface area contributed by atoms with E-state index in [-0.39, 0.29) is 6.10 Å². The Morgan fingerprint density at radius 1 is 1.56 bits per heavy atom. The first-order valence-corrected chi connectivity index (χ1v) is 3.40. The minimum Gasteiger partial charge on any atom is -0.378 e. The minimum absolute atomic E-state index is 0.177. The lowest BCUT2D eigenvalue weighted by Gasteiger charge is -2.19. The fourth-order valence-corrected chi connectivity index (χ4v) is 1.06. The van der Waals surface area contributed by atoms with Crippen LogP contribution in [0.15, 0.2) is 0 Å². The Bertz CT molecular complexity index is 84.9. The van der Waals surface area contributed by atoms with E-state index in [0.29, 0.717) is 6.42 Å². The van der Waals surface area contributed by atoms with Crippen molar-refractivity contribution < 1.29 is 9.53 Å². The highest BCUT2D eigenvalue weighted by atomic mass is 16.5. The molecule has 1 rings (SSSR count). The molecule has 0 N–H and O–H groups in total. The van der Waals surface area contributed by atoms with Crippen molar-refractivity contribution in [3.63, 3.8) is 0 Å². The zero-order valence-electron chi connectivity index (χ0n) is 5.43. The summed E-state index contributed by atoms with van der Waals surface area (Å²) in [5.41, 5.74) is 0. The first-order valence-electron chi connectivity index (χ1n) is 3.40. The Morgan fingerprint density at radius 3 is 3.00 bits per heavy atom. The van der Waals surface area contributed by atoms with Gasteiger partial charge in [0.1, 0.15) is 0 Å². The molecule has 2 heteroatoms. The molecule has 1 radical (unpaired) electrons. The van der Waals surface area contributed by atoms with Crippen LogP contribution < -0.4 is 0 Å². The molecular weight excluding hydrogens is 116 g/mol. The average molecular weight is 127 g/mol. The summed E-state index contributed by atoms with van der Waals surface area (Å²) in [5, 5.41) is 0. The summed E-state index contributed by atoms with van der Waals surface area (Å²) in [5.74, 6) is 0. The van der Waals surface area contributed by atoms with E-state index in [1.54, 1.807) is 0 Å². The Balaban J connectivity index is 2.15. The molecule has 0 aliphatic carbocycles. The Kier molecular flexibility index (Phi) is 2.71. The third-order valence-electron chi connectivity index (χ3n) is 1.58. The number of hydrogen-bond donors (Lipinski definition) is 0. The van der Waals surface area contributed by atoms with Crippen molar-refractivity contribution in [2.45, 2.75) is 31.8 Å². The van der Waals surface area contributed by atoms with E-state index in [4.69, 9.17) is 4.74 Å². The molecule has 0 aromatic heterocycles. The second-order valence-corrected chi connectivity index (χ2v) is 2.34. The molecule has 9 heavy (non-hydrogen) atoms. The van der Waals surface area contributed by atoms with Crippen molar-refractivity contribution in [3.8, 4) is 0 Å². The van der Waals surface area contributed by atoms with Crippen molar-refractivity contribution in [3.05, 3.63) is 0 Å². The first kappa shape index (κ1) is 6.75. The highest BCUT2D eigenvalue weighted by Crippen LogP contribution is 2.13. The maximum Gasteiger partial charge on any atom is 0.201 e. The van der Waals surface area contributed by atoms with Crippen LogP contribution >= 0.6 is 0 Å². The van der Waals surface area contributed by atoms with Crippen LogP contribution in [0.2, 0.25) is 0 Å². The standard InChI is InChI=1S/C7H11O2/c8-5-4-7-3-1-2-6-9-7/h7H,1-4,6H2. The van der Waals surface area contributed by atoms with Crippen molar-refractivity contribution in [1.29, 1.82) is 0 Å². The Morgan fingerprint density at radius 2 is 2.44 bits per heavy atom. The number of rotatable bonds is 2. The molecule has 1 saturated heterocycles. The van der Waals surface area contributed by atoms with Crippen LogP contribution in [0.25, 0.3) is 0 Å². The second-order valence-electron chi connectivity index (χ2n) is 2.34. The average Bonchev–Trinajstić information content (AvgIpc) is 1.91. The number of carbonyl (C=O) groups excluding carboxylic acids is 1. The van der Waals surface area contributed by atoms with Crippen LogP contribution in [-0.2, 0) is 9.53 Å². The first-order chi connectivity index (χ1) is 4.43. The maximum absolute atomic E-state index is 9.87. The number of hydrogen-bond acceptors (Lipinski definition) is 2. The van der Waals surface area contributed by atoms with Gasteiger partial charge < -0.3 is 4.74 Å². The van der Waals surface area contributed by atoms with Gasteiger partial charge in [-0.2, -0.15) is 0 Å². The van der Waals surface area contributed by atoms with Crippen LogP contribution in [0.4, 0.5) is 0 Å². The summed E-state index contributed by atoms with van der Waals surface area (Å²) >= 11 is 0. The van der Waals surface area contributed by atoms with Gasteiger partial charge in [-0.1, -0.05) is 0 Å². The molecule has 0 spiro atoms. The normalized spacial score (nSPS) is 27.8.